The average Bonchev–Trinajstić information content (AvgIpc) is 2.42. The summed E-state index contributed by atoms with van der Waals surface area (Å²) in [5.41, 5.74) is 2.75. The van der Waals surface area contributed by atoms with Crippen LogP contribution in [0.15, 0.2) is 60.9 Å². The number of hydrogen-bond acceptors (Lipinski definition) is 2. The van der Waals surface area contributed by atoms with E-state index in [2.05, 4.69) is 0 Å². The van der Waals surface area contributed by atoms with E-state index in [0.717, 1.165) is 5.56 Å². The predicted molar refractivity (Wildman–Crippen MR) is 72.1 cm³/mol. The molecule has 0 unspecified atom stereocenters. The number of aryl methyl sites for hydroxylation is 1. The maximum absolute atomic E-state index is 11.6. The van der Waals surface area contributed by atoms with Gasteiger partial charge in [0.05, 0.1) is 11.8 Å². The Kier molecular flexibility index (Phi) is 3.92. The van der Waals surface area contributed by atoms with Gasteiger partial charge in [-0.2, -0.15) is 0 Å². The van der Waals surface area contributed by atoms with Crippen LogP contribution in [-0.4, -0.2) is 5.97 Å². The second-order valence-electron chi connectivity index (χ2n) is 3.98. The minimum atomic E-state index is -0.348. The summed E-state index contributed by atoms with van der Waals surface area (Å²) in [5, 5.41) is 0. The summed E-state index contributed by atoms with van der Waals surface area (Å²) in [6.07, 6.45) is 3.18. The van der Waals surface area contributed by atoms with Crippen LogP contribution in [0.3, 0.4) is 0 Å². The zero-order valence-electron chi connectivity index (χ0n) is 10.2. The Morgan fingerprint density at radius 3 is 2.33 bits per heavy atom. The van der Waals surface area contributed by atoms with Crippen LogP contribution in [0.1, 0.15) is 21.5 Å². The zero-order valence-corrected chi connectivity index (χ0v) is 10.2. The van der Waals surface area contributed by atoms with Crippen LogP contribution in [0, 0.1) is 6.92 Å². The summed E-state index contributed by atoms with van der Waals surface area (Å²) in [5.74, 6) is -0.348. The van der Waals surface area contributed by atoms with Crippen LogP contribution in [-0.2, 0) is 4.74 Å². The molecule has 0 saturated heterocycles. The monoisotopic (exact) mass is 238 g/mol. The number of ether oxygens (including phenoxy) is 1. The molecule has 90 valence electrons. The summed E-state index contributed by atoms with van der Waals surface area (Å²) in [6, 6.07) is 16.9. The van der Waals surface area contributed by atoms with E-state index in [1.54, 1.807) is 30.3 Å². The van der Waals surface area contributed by atoms with Gasteiger partial charge in [0, 0.05) is 0 Å². The van der Waals surface area contributed by atoms with Crippen LogP contribution in [0.2, 0.25) is 0 Å². The van der Waals surface area contributed by atoms with Gasteiger partial charge in [0.1, 0.15) is 0 Å². The molecule has 2 heteroatoms. The molecular formula is C16H14O2. The van der Waals surface area contributed by atoms with Crippen molar-refractivity contribution in [2.45, 2.75) is 6.92 Å². The van der Waals surface area contributed by atoms with Crippen molar-refractivity contribution in [3.05, 3.63) is 77.5 Å². The van der Waals surface area contributed by atoms with Crippen LogP contribution in [0.5, 0.6) is 0 Å². The first-order chi connectivity index (χ1) is 8.75. The molecule has 0 amide bonds. The van der Waals surface area contributed by atoms with Crippen molar-refractivity contribution in [1.82, 2.24) is 0 Å². The quantitative estimate of drug-likeness (QED) is 0.600. The first-order valence-electron chi connectivity index (χ1n) is 5.75. The zero-order chi connectivity index (χ0) is 12.8. The first kappa shape index (κ1) is 12.1. The lowest BCUT2D eigenvalue weighted by Gasteiger charge is -1.98. The Morgan fingerprint density at radius 1 is 1.00 bits per heavy atom. The van der Waals surface area contributed by atoms with Gasteiger partial charge in [0.2, 0.25) is 0 Å². The van der Waals surface area contributed by atoms with Gasteiger partial charge in [0.15, 0.2) is 0 Å². The molecule has 0 aromatic heterocycles. The van der Waals surface area contributed by atoms with Crippen LogP contribution in [0.25, 0.3) is 6.08 Å². The highest BCUT2D eigenvalue weighted by molar-refractivity contribution is 5.89. The van der Waals surface area contributed by atoms with Gasteiger partial charge in [-0.1, -0.05) is 48.0 Å². The Labute approximate surface area is 107 Å². The summed E-state index contributed by atoms with van der Waals surface area (Å²) in [6.45, 7) is 2.03. The Balaban J connectivity index is 1.96. The Bertz CT molecular complexity index is 539. The second-order valence-corrected chi connectivity index (χ2v) is 3.98. The van der Waals surface area contributed by atoms with Gasteiger partial charge in [0.25, 0.3) is 0 Å². The molecule has 0 atom stereocenters. The number of benzene rings is 2. The standard InChI is InChI=1S/C16H14O2/c1-13-7-9-14(10-8-13)11-12-18-16(17)15-5-3-2-4-6-15/h2-12H,1H3/b12-11-. The van der Waals surface area contributed by atoms with E-state index in [0.29, 0.717) is 5.56 Å². The summed E-state index contributed by atoms with van der Waals surface area (Å²) in [4.78, 5) is 11.6. The first-order valence-corrected chi connectivity index (χ1v) is 5.75. The van der Waals surface area contributed by atoms with Gasteiger partial charge in [-0.25, -0.2) is 4.79 Å². The highest BCUT2D eigenvalue weighted by Crippen LogP contribution is 2.06. The third-order valence-corrected chi connectivity index (χ3v) is 2.52. The molecule has 0 radical (unpaired) electrons. The maximum Gasteiger partial charge on any atom is 0.342 e. The van der Waals surface area contributed by atoms with Gasteiger partial charge < -0.3 is 4.74 Å². The SMILES string of the molecule is Cc1ccc(/C=C\OC(=O)c2ccccc2)cc1. The fourth-order valence-corrected chi connectivity index (χ4v) is 1.49. The van der Waals surface area contributed by atoms with E-state index in [1.807, 2.05) is 37.3 Å². The Hall–Kier alpha value is -2.35. The molecule has 0 heterocycles. The average molecular weight is 238 g/mol. The fourth-order valence-electron chi connectivity index (χ4n) is 1.49. The molecule has 2 nitrogen and oxygen atoms in total. The van der Waals surface area contributed by atoms with Gasteiger partial charge in [-0.15, -0.1) is 0 Å². The molecule has 0 N–H and O–H groups in total. The molecule has 2 rings (SSSR count). The molecule has 2 aromatic carbocycles. The lowest BCUT2D eigenvalue weighted by molar-refractivity contribution is 0.0665. The minimum absolute atomic E-state index is 0.348. The van der Waals surface area contributed by atoms with E-state index in [1.165, 1.54) is 11.8 Å². The molecule has 0 aliphatic heterocycles. The van der Waals surface area contributed by atoms with Crippen molar-refractivity contribution in [3.63, 3.8) is 0 Å². The van der Waals surface area contributed by atoms with Crippen molar-refractivity contribution in [2.75, 3.05) is 0 Å². The molecule has 0 spiro atoms. The smallest absolute Gasteiger partial charge is 0.342 e. The Morgan fingerprint density at radius 2 is 1.67 bits per heavy atom. The predicted octanol–water partition coefficient (Wildman–Crippen LogP) is 3.82. The van der Waals surface area contributed by atoms with Crippen molar-refractivity contribution in [1.29, 1.82) is 0 Å². The third kappa shape index (κ3) is 3.32. The van der Waals surface area contributed by atoms with Gasteiger partial charge in [-0.3, -0.25) is 0 Å². The van der Waals surface area contributed by atoms with Gasteiger partial charge >= 0.3 is 5.97 Å². The lowest BCUT2D eigenvalue weighted by atomic mass is 10.1. The second kappa shape index (κ2) is 5.82. The third-order valence-electron chi connectivity index (χ3n) is 2.52. The maximum atomic E-state index is 11.6. The van der Waals surface area contributed by atoms with Gasteiger partial charge in [-0.05, 0) is 30.7 Å². The molecule has 0 fully saturated rings. The van der Waals surface area contributed by atoms with Crippen molar-refractivity contribution < 1.29 is 9.53 Å². The highest BCUT2D eigenvalue weighted by atomic mass is 16.5. The number of carbonyl (C=O) groups is 1. The molecule has 0 aliphatic rings. The van der Waals surface area contributed by atoms with E-state index in [4.69, 9.17) is 4.74 Å². The number of esters is 1. The van der Waals surface area contributed by atoms with Crippen LogP contribution >= 0.6 is 0 Å². The van der Waals surface area contributed by atoms with E-state index >= 15 is 0 Å². The van der Waals surface area contributed by atoms with Crippen LogP contribution in [0.4, 0.5) is 0 Å². The molecule has 0 saturated carbocycles. The van der Waals surface area contributed by atoms with Crippen molar-refractivity contribution in [3.8, 4) is 0 Å². The highest BCUT2D eigenvalue weighted by Gasteiger charge is 2.02. The van der Waals surface area contributed by atoms with Crippen molar-refractivity contribution >= 4 is 12.0 Å². The number of hydrogen-bond donors (Lipinski definition) is 0. The topological polar surface area (TPSA) is 26.3 Å². The summed E-state index contributed by atoms with van der Waals surface area (Å²) in [7, 11) is 0. The molecule has 2 aromatic rings. The lowest BCUT2D eigenvalue weighted by Crippen LogP contribution is -1.99. The molecular weight excluding hydrogens is 224 g/mol. The summed E-state index contributed by atoms with van der Waals surface area (Å²) < 4.78 is 5.04. The van der Waals surface area contributed by atoms with E-state index in [9.17, 15) is 4.79 Å². The number of carbonyl (C=O) groups excluding carboxylic acids is 1. The van der Waals surface area contributed by atoms with Crippen molar-refractivity contribution in [2.24, 2.45) is 0 Å². The minimum Gasteiger partial charge on any atom is -0.431 e. The number of rotatable bonds is 3. The largest absolute Gasteiger partial charge is 0.431 e. The van der Waals surface area contributed by atoms with Crippen LogP contribution < -0.4 is 0 Å². The van der Waals surface area contributed by atoms with E-state index < -0.39 is 0 Å². The van der Waals surface area contributed by atoms with E-state index in [-0.39, 0.29) is 5.97 Å². The molecule has 0 bridgehead atoms. The molecule has 0 aliphatic carbocycles. The summed E-state index contributed by atoms with van der Waals surface area (Å²) >= 11 is 0. The fraction of sp³-hybridized carbons (Fsp3) is 0.0625. The normalized spacial score (nSPS) is 10.5. The molecule has 18 heavy (non-hydrogen) atoms.